The first-order valence-electron chi connectivity index (χ1n) is 8.21. The quantitative estimate of drug-likeness (QED) is 0.440. The van der Waals surface area contributed by atoms with Gasteiger partial charge in [0.25, 0.3) is 5.91 Å². The summed E-state index contributed by atoms with van der Waals surface area (Å²) in [5, 5.41) is 4.43. The number of amides is 3. The molecule has 8 heteroatoms. The molecule has 1 aliphatic heterocycles. The molecule has 0 spiro atoms. The van der Waals surface area contributed by atoms with E-state index in [1.54, 1.807) is 11.8 Å². The zero-order valence-corrected chi connectivity index (χ0v) is 15.3. The summed E-state index contributed by atoms with van der Waals surface area (Å²) < 4.78 is 0. The second-order valence-electron chi connectivity index (χ2n) is 5.87. The Morgan fingerprint density at radius 3 is 2.64 bits per heavy atom. The van der Waals surface area contributed by atoms with E-state index < -0.39 is 12.1 Å². The summed E-state index contributed by atoms with van der Waals surface area (Å²) in [6, 6.07) is 8.36. The van der Waals surface area contributed by atoms with Crippen LogP contribution in [0.3, 0.4) is 0 Å². The maximum Gasteiger partial charge on any atom is 0.332 e. The molecule has 1 aromatic rings. The van der Waals surface area contributed by atoms with E-state index in [9.17, 15) is 9.59 Å². The van der Waals surface area contributed by atoms with Gasteiger partial charge in [0.2, 0.25) is 0 Å². The second-order valence-corrected chi connectivity index (χ2v) is 6.24. The molecule has 1 aromatic carbocycles. The average molecular weight is 361 g/mol. The van der Waals surface area contributed by atoms with Gasteiger partial charge in [0.05, 0.1) is 5.71 Å². The first kappa shape index (κ1) is 18.9. The summed E-state index contributed by atoms with van der Waals surface area (Å²) in [5.74, 6) is -0.123. The van der Waals surface area contributed by atoms with E-state index in [-0.39, 0.29) is 5.91 Å². The van der Waals surface area contributed by atoms with Crippen LogP contribution in [-0.2, 0) is 11.3 Å². The summed E-state index contributed by atoms with van der Waals surface area (Å²) in [6.07, 6.45) is 1.83. The predicted molar refractivity (Wildman–Crippen MR) is 101 cm³/mol. The average Bonchev–Trinajstić information content (AvgIpc) is 2.82. The highest BCUT2D eigenvalue weighted by atomic mass is 32.1. The van der Waals surface area contributed by atoms with E-state index in [1.807, 2.05) is 35.2 Å². The highest BCUT2D eigenvalue weighted by Gasteiger charge is 2.43. The first-order valence-corrected chi connectivity index (χ1v) is 8.62. The lowest BCUT2D eigenvalue weighted by Crippen LogP contribution is -2.41. The number of hydrogen-bond donors (Lipinski definition) is 2. The minimum Gasteiger partial charge on any atom is -0.350 e. The number of unbranched alkanes of at least 4 members (excludes halogenated alkanes) is 1. The van der Waals surface area contributed by atoms with Crippen LogP contribution in [-0.4, -0.2) is 45.1 Å². The first-order chi connectivity index (χ1) is 12.0. The molecule has 0 aromatic heterocycles. The van der Waals surface area contributed by atoms with Gasteiger partial charge in [0.1, 0.15) is 0 Å². The van der Waals surface area contributed by atoms with Gasteiger partial charge in [-0.25, -0.2) is 10.2 Å². The van der Waals surface area contributed by atoms with Gasteiger partial charge in [-0.05, 0) is 31.1 Å². The highest BCUT2D eigenvalue weighted by molar-refractivity contribution is 7.80. The van der Waals surface area contributed by atoms with Crippen molar-refractivity contribution in [2.75, 3.05) is 6.54 Å². The summed E-state index contributed by atoms with van der Waals surface area (Å²) >= 11 is 5.55. The molecule has 2 rings (SSSR count). The maximum atomic E-state index is 12.9. The van der Waals surface area contributed by atoms with Crippen LogP contribution in [0.15, 0.2) is 35.4 Å². The number of hydrazone groups is 1. The molecule has 1 saturated heterocycles. The Labute approximate surface area is 152 Å². The van der Waals surface area contributed by atoms with Crippen molar-refractivity contribution in [1.29, 1.82) is 0 Å². The smallest absolute Gasteiger partial charge is 0.332 e. The molecule has 3 N–H and O–H groups in total. The third kappa shape index (κ3) is 4.54. The molecule has 0 saturated carbocycles. The fourth-order valence-corrected chi connectivity index (χ4v) is 3.06. The Morgan fingerprint density at radius 1 is 1.36 bits per heavy atom. The number of benzene rings is 1. The maximum absolute atomic E-state index is 12.9. The van der Waals surface area contributed by atoms with Crippen LogP contribution in [0, 0.1) is 0 Å². The Kier molecular flexibility index (Phi) is 6.46. The van der Waals surface area contributed by atoms with Crippen LogP contribution in [0.2, 0.25) is 0 Å². The van der Waals surface area contributed by atoms with Gasteiger partial charge in [0, 0.05) is 13.1 Å². The molecule has 1 atom stereocenters. The van der Waals surface area contributed by atoms with Gasteiger partial charge >= 0.3 is 6.03 Å². The van der Waals surface area contributed by atoms with E-state index in [0.29, 0.717) is 23.9 Å². The molecule has 0 bridgehead atoms. The van der Waals surface area contributed by atoms with E-state index in [1.165, 1.54) is 0 Å². The summed E-state index contributed by atoms with van der Waals surface area (Å²) in [5.41, 5.74) is 8.73. The zero-order chi connectivity index (χ0) is 18.4. The molecular formula is C17H23N5O2S. The lowest BCUT2D eigenvalue weighted by Gasteiger charge is -2.24. The normalized spacial score (nSPS) is 18.0. The van der Waals surface area contributed by atoms with Crippen molar-refractivity contribution in [1.82, 2.24) is 15.2 Å². The number of carbonyl (C=O) groups excluding carboxylic acids is 2. The van der Waals surface area contributed by atoms with Crippen molar-refractivity contribution >= 4 is 35.0 Å². The van der Waals surface area contributed by atoms with Crippen LogP contribution in [0.25, 0.3) is 0 Å². The summed E-state index contributed by atoms with van der Waals surface area (Å²) in [4.78, 5) is 27.3. The summed E-state index contributed by atoms with van der Waals surface area (Å²) in [6.45, 7) is 4.81. The number of primary amides is 1. The molecule has 0 radical (unpaired) electrons. The van der Waals surface area contributed by atoms with E-state index >= 15 is 0 Å². The Hall–Kier alpha value is -2.48. The van der Waals surface area contributed by atoms with Crippen LogP contribution in [0.5, 0.6) is 0 Å². The van der Waals surface area contributed by atoms with Gasteiger partial charge < -0.3 is 10.6 Å². The van der Waals surface area contributed by atoms with Gasteiger partial charge in [-0.3, -0.25) is 9.69 Å². The molecule has 134 valence electrons. The molecule has 3 amide bonds. The molecule has 1 unspecified atom stereocenters. The number of nitrogens with two attached hydrogens (primary N) is 1. The number of rotatable bonds is 7. The van der Waals surface area contributed by atoms with Crippen LogP contribution in [0.4, 0.5) is 4.79 Å². The Morgan fingerprint density at radius 2 is 2.04 bits per heavy atom. The van der Waals surface area contributed by atoms with E-state index in [4.69, 9.17) is 18.0 Å². The van der Waals surface area contributed by atoms with Gasteiger partial charge in [-0.2, -0.15) is 5.10 Å². The number of urea groups is 1. The minimum absolute atomic E-state index is 0.123. The van der Waals surface area contributed by atoms with Crippen molar-refractivity contribution in [3.8, 4) is 0 Å². The van der Waals surface area contributed by atoms with Crippen molar-refractivity contribution in [3.63, 3.8) is 0 Å². The molecule has 0 aliphatic carbocycles. The van der Waals surface area contributed by atoms with E-state index in [0.717, 1.165) is 18.4 Å². The minimum atomic E-state index is -0.773. The number of hydrogen-bond acceptors (Lipinski definition) is 4. The van der Waals surface area contributed by atoms with Crippen molar-refractivity contribution in [3.05, 3.63) is 35.9 Å². The second kappa shape index (κ2) is 8.57. The number of thiocarbonyl (C=S) groups is 1. The summed E-state index contributed by atoms with van der Waals surface area (Å²) in [7, 11) is 0. The number of carbonyl (C=O) groups is 2. The lowest BCUT2D eigenvalue weighted by atomic mass is 10.1. The molecule has 1 fully saturated rings. The SMILES string of the molecule is CCCCN1C(=O)C(/C(C)=N/NC(N)=O)N(Cc2ccccc2)C1=S. The van der Waals surface area contributed by atoms with Gasteiger partial charge in [0.15, 0.2) is 11.2 Å². The lowest BCUT2D eigenvalue weighted by molar-refractivity contribution is -0.126. The highest BCUT2D eigenvalue weighted by Crippen LogP contribution is 2.22. The molecule has 7 nitrogen and oxygen atoms in total. The number of nitrogens with zero attached hydrogens (tertiary/aromatic N) is 3. The van der Waals surface area contributed by atoms with E-state index in [2.05, 4.69) is 17.5 Å². The monoisotopic (exact) mass is 361 g/mol. The zero-order valence-electron chi connectivity index (χ0n) is 14.4. The largest absolute Gasteiger partial charge is 0.350 e. The number of nitrogens with one attached hydrogen (secondary N) is 1. The fourth-order valence-electron chi connectivity index (χ4n) is 2.71. The Balaban J connectivity index is 2.29. The standard InChI is InChI=1S/C17H23N5O2S/c1-3-4-10-21-15(23)14(12(2)19-20-16(18)24)22(17(21)25)11-13-8-6-5-7-9-13/h5-9,14H,3-4,10-11H2,1-2H3,(H3,18,20,24)/b19-12+. The van der Waals surface area contributed by atoms with Crippen LogP contribution >= 0.6 is 12.2 Å². The molecule has 25 heavy (non-hydrogen) atoms. The molecule has 1 aliphatic rings. The van der Waals surface area contributed by atoms with Crippen molar-refractivity contribution in [2.45, 2.75) is 39.3 Å². The third-order valence-electron chi connectivity index (χ3n) is 3.96. The van der Waals surface area contributed by atoms with Crippen LogP contribution < -0.4 is 11.2 Å². The molecule has 1 heterocycles. The topological polar surface area (TPSA) is 91.0 Å². The third-order valence-corrected chi connectivity index (χ3v) is 4.41. The van der Waals surface area contributed by atoms with Crippen molar-refractivity contribution in [2.24, 2.45) is 10.8 Å². The van der Waals surface area contributed by atoms with Gasteiger partial charge in [-0.1, -0.05) is 43.7 Å². The van der Waals surface area contributed by atoms with Gasteiger partial charge in [-0.15, -0.1) is 0 Å². The van der Waals surface area contributed by atoms with Crippen molar-refractivity contribution < 1.29 is 9.59 Å². The Bertz CT molecular complexity index is 677. The van der Waals surface area contributed by atoms with Crippen LogP contribution in [0.1, 0.15) is 32.3 Å². The molecular weight excluding hydrogens is 338 g/mol. The fraction of sp³-hybridized carbons (Fsp3) is 0.412. The predicted octanol–water partition coefficient (Wildman–Crippen LogP) is 1.83.